The summed E-state index contributed by atoms with van der Waals surface area (Å²) in [5.41, 5.74) is 1.26. The molecule has 1 N–H and O–H groups in total. The minimum atomic E-state index is -0.298. The normalized spacial score (nSPS) is 17.7. The second-order valence-corrected chi connectivity index (χ2v) is 8.13. The van der Waals surface area contributed by atoms with Gasteiger partial charge in [0.25, 0.3) is 0 Å². The molecule has 0 aromatic heterocycles. The number of anilines is 2. The van der Waals surface area contributed by atoms with Gasteiger partial charge in [-0.15, -0.1) is 0 Å². The van der Waals surface area contributed by atoms with Gasteiger partial charge >= 0.3 is 0 Å². The summed E-state index contributed by atoms with van der Waals surface area (Å²) < 4.78 is 18.6. The number of hydrogen-bond acceptors (Lipinski definition) is 4. The van der Waals surface area contributed by atoms with Crippen LogP contribution in [0.15, 0.2) is 48.5 Å². The lowest BCUT2D eigenvalue weighted by Crippen LogP contribution is -2.42. The van der Waals surface area contributed by atoms with Crippen LogP contribution in [0.5, 0.6) is 5.75 Å². The molecule has 2 aliphatic heterocycles. The van der Waals surface area contributed by atoms with Crippen LogP contribution in [0, 0.1) is 11.7 Å². The Hall–Kier alpha value is -3.42. The van der Waals surface area contributed by atoms with Gasteiger partial charge in [0.05, 0.1) is 18.0 Å². The standard InChI is InChI=1S/C24H26FN3O4/c25-18-5-7-19(8-6-18)32-14-12-17-11-13-27(15-17)23(30)9-10-24(31)28-16-22(29)26-20-3-1-2-4-21(20)28/h1-8,17H,9-16H2,(H,26,29). The van der Waals surface area contributed by atoms with Crippen molar-refractivity contribution < 1.29 is 23.5 Å². The van der Waals surface area contributed by atoms with Crippen molar-refractivity contribution in [2.24, 2.45) is 5.92 Å². The lowest BCUT2D eigenvalue weighted by atomic mass is 10.1. The first-order valence-electron chi connectivity index (χ1n) is 10.8. The Balaban J connectivity index is 1.21. The number of ether oxygens (including phenoxy) is 1. The molecule has 0 spiro atoms. The third-order valence-corrected chi connectivity index (χ3v) is 5.87. The molecule has 1 saturated heterocycles. The van der Waals surface area contributed by atoms with Crippen LogP contribution in [0.25, 0.3) is 0 Å². The number of hydrogen-bond donors (Lipinski definition) is 1. The average molecular weight is 439 g/mol. The van der Waals surface area contributed by atoms with Gasteiger partial charge < -0.3 is 19.9 Å². The zero-order valence-electron chi connectivity index (χ0n) is 17.8. The zero-order valence-corrected chi connectivity index (χ0v) is 17.8. The van der Waals surface area contributed by atoms with E-state index in [0.717, 1.165) is 12.8 Å². The van der Waals surface area contributed by atoms with Crippen molar-refractivity contribution in [2.75, 3.05) is 36.5 Å². The Kier molecular flexibility index (Phi) is 6.68. The van der Waals surface area contributed by atoms with Crippen molar-refractivity contribution in [1.29, 1.82) is 0 Å². The molecule has 0 aliphatic carbocycles. The maximum absolute atomic E-state index is 12.9. The van der Waals surface area contributed by atoms with Gasteiger partial charge in [-0.05, 0) is 55.2 Å². The van der Waals surface area contributed by atoms with Crippen molar-refractivity contribution in [3.05, 3.63) is 54.3 Å². The molecule has 1 fully saturated rings. The van der Waals surface area contributed by atoms with Crippen LogP contribution in [0.1, 0.15) is 25.7 Å². The highest BCUT2D eigenvalue weighted by Gasteiger charge is 2.29. The summed E-state index contributed by atoms with van der Waals surface area (Å²) in [5, 5.41) is 2.75. The fourth-order valence-electron chi connectivity index (χ4n) is 4.13. The Morgan fingerprint density at radius 2 is 1.81 bits per heavy atom. The molecule has 2 aromatic carbocycles. The Morgan fingerprint density at radius 1 is 1.06 bits per heavy atom. The van der Waals surface area contributed by atoms with E-state index in [1.54, 1.807) is 35.2 Å². The van der Waals surface area contributed by atoms with Gasteiger partial charge in [-0.2, -0.15) is 0 Å². The number of para-hydroxylation sites is 2. The minimum Gasteiger partial charge on any atom is -0.494 e. The molecule has 7 nitrogen and oxygen atoms in total. The van der Waals surface area contributed by atoms with Crippen LogP contribution in [0.2, 0.25) is 0 Å². The van der Waals surface area contributed by atoms with Crippen LogP contribution in [0.3, 0.4) is 0 Å². The van der Waals surface area contributed by atoms with E-state index in [-0.39, 0.29) is 42.9 Å². The molecule has 32 heavy (non-hydrogen) atoms. The number of fused-ring (bicyclic) bond motifs is 1. The van der Waals surface area contributed by atoms with Crippen molar-refractivity contribution in [1.82, 2.24) is 4.90 Å². The van der Waals surface area contributed by atoms with Gasteiger partial charge in [0.15, 0.2) is 0 Å². The Labute approximate surface area is 186 Å². The monoisotopic (exact) mass is 439 g/mol. The summed E-state index contributed by atoms with van der Waals surface area (Å²) >= 11 is 0. The average Bonchev–Trinajstić information content (AvgIpc) is 3.27. The number of likely N-dealkylation sites (tertiary alicyclic amines) is 1. The van der Waals surface area contributed by atoms with E-state index in [2.05, 4.69) is 5.32 Å². The molecule has 2 aromatic rings. The fraction of sp³-hybridized carbons (Fsp3) is 0.375. The van der Waals surface area contributed by atoms with Gasteiger partial charge in [-0.1, -0.05) is 12.1 Å². The predicted molar refractivity (Wildman–Crippen MR) is 118 cm³/mol. The first-order valence-corrected chi connectivity index (χ1v) is 10.8. The van der Waals surface area contributed by atoms with Crippen LogP contribution >= 0.6 is 0 Å². The van der Waals surface area contributed by atoms with Crippen LogP contribution in [-0.2, 0) is 14.4 Å². The van der Waals surface area contributed by atoms with E-state index in [0.29, 0.717) is 42.7 Å². The third kappa shape index (κ3) is 5.25. The molecule has 168 valence electrons. The van der Waals surface area contributed by atoms with E-state index < -0.39 is 0 Å². The van der Waals surface area contributed by atoms with Crippen molar-refractivity contribution in [3.8, 4) is 5.75 Å². The SMILES string of the molecule is O=C1CN(C(=O)CCC(=O)N2CCC(CCOc3ccc(F)cc3)C2)c2ccccc2N1. The molecule has 0 radical (unpaired) electrons. The van der Waals surface area contributed by atoms with Crippen molar-refractivity contribution >= 4 is 29.1 Å². The zero-order chi connectivity index (χ0) is 22.5. The van der Waals surface area contributed by atoms with Gasteiger partial charge in [0, 0.05) is 25.9 Å². The molecule has 0 bridgehead atoms. The number of halogens is 1. The summed E-state index contributed by atoms with van der Waals surface area (Å²) in [6.45, 7) is 1.79. The number of amides is 3. The molecule has 1 unspecified atom stereocenters. The number of rotatable bonds is 7. The molecule has 2 aliphatic rings. The lowest BCUT2D eigenvalue weighted by Gasteiger charge is -2.29. The largest absolute Gasteiger partial charge is 0.494 e. The first kappa shape index (κ1) is 21.8. The van der Waals surface area contributed by atoms with E-state index >= 15 is 0 Å². The van der Waals surface area contributed by atoms with Gasteiger partial charge in [-0.25, -0.2) is 4.39 Å². The minimum absolute atomic E-state index is 0.0378. The summed E-state index contributed by atoms with van der Waals surface area (Å²) in [6.07, 6.45) is 1.89. The lowest BCUT2D eigenvalue weighted by molar-refractivity contribution is -0.132. The molecule has 8 heteroatoms. The number of nitrogens with one attached hydrogen (secondary N) is 1. The molecular weight excluding hydrogens is 413 g/mol. The smallest absolute Gasteiger partial charge is 0.244 e. The number of nitrogens with zero attached hydrogens (tertiary/aromatic N) is 2. The van der Waals surface area contributed by atoms with Crippen LogP contribution < -0.4 is 15.0 Å². The highest BCUT2D eigenvalue weighted by molar-refractivity contribution is 6.10. The van der Waals surface area contributed by atoms with Gasteiger partial charge in [0.2, 0.25) is 17.7 Å². The van der Waals surface area contributed by atoms with Crippen LogP contribution in [0.4, 0.5) is 15.8 Å². The quantitative estimate of drug-likeness (QED) is 0.719. The van der Waals surface area contributed by atoms with E-state index in [9.17, 15) is 18.8 Å². The van der Waals surface area contributed by atoms with E-state index in [1.807, 2.05) is 6.07 Å². The fourth-order valence-corrected chi connectivity index (χ4v) is 4.13. The molecule has 3 amide bonds. The number of carbonyl (C=O) groups is 3. The highest BCUT2D eigenvalue weighted by atomic mass is 19.1. The molecule has 2 heterocycles. The topological polar surface area (TPSA) is 79.0 Å². The molecule has 1 atom stereocenters. The highest BCUT2D eigenvalue weighted by Crippen LogP contribution is 2.29. The maximum Gasteiger partial charge on any atom is 0.244 e. The van der Waals surface area contributed by atoms with E-state index in [4.69, 9.17) is 4.74 Å². The van der Waals surface area contributed by atoms with Crippen LogP contribution in [-0.4, -0.2) is 48.9 Å². The Bertz CT molecular complexity index is 995. The third-order valence-electron chi connectivity index (χ3n) is 5.87. The summed E-state index contributed by atoms with van der Waals surface area (Å²) in [7, 11) is 0. The maximum atomic E-state index is 12.9. The van der Waals surface area contributed by atoms with Gasteiger partial charge in [-0.3, -0.25) is 14.4 Å². The van der Waals surface area contributed by atoms with Crippen molar-refractivity contribution in [3.63, 3.8) is 0 Å². The van der Waals surface area contributed by atoms with Gasteiger partial charge in [0.1, 0.15) is 18.1 Å². The molecule has 0 saturated carbocycles. The molecule has 4 rings (SSSR count). The second-order valence-electron chi connectivity index (χ2n) is 8.13. The molecular formula is C24H26FN3O4. The Morgan fingerprint density at radius 3 is 2.62 bits per heavy atom. The summed E-state index contributed by atoms with van der Waals surface area (Å²) in [6, 6.07) is 13.1. The predicted octanol–water partition coefficient (Wildman–Crippen LogP) is 3.21. The first-order chi connectivity index (χ1) is 15.5. The summed E-state index contributed by atoms with van der Waals surface area (Å²) in [4.78, 5) is 40.5. The summed E-state index contributed by atoms with van der Waals surface area (Å²) in [5.74, 6) is 0.151. The number of carbonyl (C=O) groups excluding carboxylic acids is 3. The number of benzene rings is 2. The second kappa shape index (κ2) is 9.80. The van der Waals surface area contributed by atoms with Crippen molar-refractivity contribution in [2.45, 2.75) is 25.7 Å². The van der Waals surface area contributed by atoms with E-state index in [1.165, 1.54) is 17.0 Å².